The lowest BCUT2D eigenvalue weighted by molar-refractivity contribution is 0.104. The minimum atomic E-state index is -0.313. The van der Waals surface area contributed by atoms with Gasteiger partial charge in [0.05, 0.1) is 48.0 Å². The average Bonchev–Trinajstić information content (AvgIpc) is 3.54. The molecule has 2 saturated carbocycles. The van der Waals surface area contributed by atoms with Crippen LogP contribution in [-0.4, -0.2) is 61.1 Å². The number of ether oxygens (including phenoxy) is 1. The number of anilines is 1. The predicted molar refractivity (Wildman–Crippen MR) is 143 cm³/mol. The number of aromatic nitrogens is 6. The highest BCUT2D eigenvalue weighted by atomic mass is 16.5. The van der Waals surface area contributed by atoms with Gasteiger partial charge < -0.3 is 20.9 Å². The molecule has 0 aromatic carbocycles. The van der Waals surface area contributed by atoms with Crippen LogP contribution in [0.1, 0.15) is 43.7 Å². The molecule has 202 valence electrons. The van der Waals surface area contributed by atoms with Crippen LogP contribution >= 0.6 is 0 Å². The van der Waals surface area contributed by atoms with Crippen molar-refractivity contribution < 1.29 is 14.6 Å². The SMILES string of the molecule is COC(=O)NCC1CCC1.N#Cc1cnn2c(-c3cc(N)c(-c4cn(C5CC(CO)C5)nn4)cn3)ccc2c1. The van der Waals surface area contributed by atoms with Crippen molar-refractivity contribution in [2.75, 3.05) is 26.0 Å². The van der Waals surface area contributed by atoms with Gasteiger partial charge in [-0.3, -0.25) is 4.98 Å². The number of nitrogens with two attached hydrogens (primary N) is 1. The van der Waals surface area contributed by atoms with Gasteiger partial charge in [0.15, 0.2) is 0 Å². The number of nitrogens with one attached hydrogen (secondary N) is 1. The highest BCUT2D eigenvalue weighted by molar-refractivity contribution is 5.77. The molecule has 0 spiro atoms. The van der Waals surface area contributed by atoms with Crippen molar-refractivity contribution in [2.24, 2.45) is 11.8 Å². The number of carbonyl (C=O) groups excluding carboxylic acids is 1. The van der Waals surface area contributed by atoms with Crippen molar-refractivity contribution in [1.82, 2.24) is 34.9 Å². The maximum atomic E-state index is 10.5. The fraction of sp³-hybridized carbons (Fsp3) is 0.407. The Balaban J connectivity index is 0.000000261. The van der Waals surface area contributed by atoms with Gasteiger partial charge in [0, 0.05) is 30.6 Å². The standard InChI is InChI=1S/C20H18N8O.C7H13NO2/c21-7-13-5-14-1-2-20(28(14)24-8-13)18-6-17(22)16(9-23-18)19-10-27(26-25-19)15-3-12(4-15)11-29;1-10-7(9)8-5-6-3-2-4-6/h1-2,5-6,8-10,12,15,29H,3-4,11H2,(H2,22,23);6H,2-5H2,1H3,(H,8,9). The summed E-state index contributed by atoms with van der Waals surface area (Å²) in [5.41, 5.74) is 11.0. The summed E-state index contributed by atoms with van der Waals surface area (Å²) in [6.45, 7) is 1.00. The van der Waals surface area contributed by atoms with Crippen molar-refractivity contribution in [3.8, 4) is 28.7 Å². The molecule has 4 aromatic rings. The Morgan fingerprint density at radius 2 is 2.05 bits per heavy atom. The molecule has 4 aromatic heterocycles. The summed E-state index contributed by atoms with van der Waals surface area (Å²) in [7, 11) is 1.39. The molecular weight excluding hydrogens is 498 g/mol. The molecule has 0 unspecified atom stereocenters. The molecule has 0 bridgehead atoms. The van der Waals surface area contributed by atoms with Crippen LogP contribution in [0.25, 0.3) is 28.2 Å². The first-order valence-electron chi connectivity index (χ1n) is 13.0. The molecule has 6 rings (SSSR count). The number of hydrogen-bond acceptors (Lipinski definition) is 9. The van der Waals surface area contributed by atoms with Crippen molar-refractivity contribution in [1.29, 1.82) is 5.26 Å². The summed E-state index contributed by atoms with van der Waals surface area (Å²) in [6.07, 6.45) is 10.4. The molecule has 4 N–H and O–H groups in total. The Labute approximate surface area is 225 Å². The third kappa shape index (κ3) is 5.68. The number of pyridine rings is 1. The number of nitrogens with zero attached hydrogens (tertiary/aromatic N) is 7. The first-order valence-corrected chi connectivity index (χ1v) is 13.0. The second-order valence-corrected chi connectivity index (χ2v) is 10.00. The molecule has 2 aliphatic rings. The second kappa shape index (κ2) is 11.5. The van der Waals surface area contributed by atoms with Gasteiger partial charge in [-0.1, -0.05) is 11.6 Å². The molecule has 39 heavy (non-hydrogen) atoms. The molecule has 0 aliphatic heterocycles. The Morgan fingerprint density at radius 1 is 1.23 bits per heavy atom. The van der Waals surface area contributed by atoms with Crippen LogP contribution in [0, 0.1) is 23.2 Å². The molecule has 0 atom stereocenters. The molecular formula is C27H31N9O3. The number of amides is 1. The van der Waals surface area contributed by atoms with Gasteiger partial charge in [0.1, 0.15) is 11.8 Å². The van der Waals surface area contributed by atoms with Gasteiger partial charge >= 0.3 is 6.09 Å². The van der Waals surface area contributed by atoms with Crippen LogP contribution in [0.3, 0.4) is 0 Å². The molecule has 2 aliphatic carbocycles. The number of nitriles is 1. The van der Waals surface area contributed by atoms with E-state index in [0.29, 0.717) is 34.5 Å². The number of methoxy groups -OCH3 is 1. The highest BCUT2D eigenvalue weighted by Crippen LogP contribution is 2.37. The van der Waals surface area contributed by atoms with Crippen LogP contribution < -0.4 is 11.1 Å². The second-order valence-electron chi connectivity index (χ2n) is 10.00. The zero-order valence-electron chi connectivity index (χ0n) is 21.7. The zero-order chi connectivity index (χ0) is 27.4. The number of aliphatic hydroxyl groups excluding tert-OH is 1. The van der Waals surface area contributed by atoms with E-state index in [1.54, 1.807) is 22.8 Å². The van der Waals surface area contributed by atoms with Crippen LogP contribution in [0.4, 0.5) is 10.5 Å². The van der Waals surface area contributed by atoms with E-state index >= 15 is 0 Å². The van der Waals surface area contributed by atoms with Crippen molar-refractivity contribution in [2.45, 2.75) is 38.1 Å². The monoisotopic (exact) mass is 529 g/mol. The summed E-state index contributed by atoms with van der Waals surface area (Å²) < 4.78 is 7.99. The maximum absolute atomic E-state index is 10.5. The lowest BCUT2D eigenvalue weighted by Crippen LogP contribution is -2.31. The van der Waals surface area contributed by atoms with Crippen LogP contribution in [0.5, 0.6) is 0 Å². The first-order chi connectivity index (χ1) is 19.0. The van der Waals surface area contributed by atoms with Crippen molar-refractivity contribution >= 4 is 17.3 Å². The van der Waals surface area contributed by atoms with Crippen molar-refractivity contribution in [3.63, 3.8) is 0 Å². The molecule has 0 saturated heterocycles. The minimum absolute atomic E-state index is 0.220. The minimum Gasteiger partial charge on any atom is -0.453 e. The third-order valence-electron chi connectivity index (χ3n) is 7.40. The lowest BCUT2D eigenvalue weighted by atomic mass is 9.81. The normalized spacial score (nSPS) is 18.3. The number of alkyl carbamates (subject to hydrolysis) is 1. The van der Waals surface area contributed by atoms with E-state index in [1.807, 2.05) is 23.0 Å². The van der Waals surface area contributed by atoms with Crippen LogP contribution in [0.15, 0.2) is 42.9 Å². The summed E-state index contributed by atoms with van der Waals surface area (Å²) >= 11 is 0. The largest absolute Gasteiger partial charge is 0.453 e. The number of nitrogen functional groups attached to an aromatic ring is 1. The lowest BCUT2D eigenvalue weighted by Gasteiger charge is -2.33. The van der Waals surface area contributed by atoms with E-state index < -0.39 is 0 Å². The van der Waals surface area contributed by atoms with E-state index in [0.717, 1.165) is 36.2 Å². The van der Waals surface area contributed by atoms with E-state index in [1.165, 1.54) is 32.6 Å². The summed E-state index contributed by atoms with van der Waals surface area (Å²) in [6, 6.07) is 9.72. The van der Waals surface area contributed by atoms with Crippen LogP contribution in [-0.2, 0) is 4.74 Å². The predicted octanol–water partition coefficient (Wildman–Crippen LogP) is 3.19. The highest BCUT2D eigenvalue weighted by Gasteiger charge is 2.31. The van der Waals surface area contributed by atoms with E-state index in [9.17, 15) is 9.90 Å². The van der Waals surface area contributed by atoms with Gasteiger partial charge in [-0.25, -0.2) is 14.0 Å². The molecule has 12 heteroatoms. The molecule has 4 heterocycles. The Bertz CT molecular complexity index is 1500. The van der Waals surface area contributed by atoms with Gasteiger partial charge in [-0.05, 0) is 61.8 Å². The summed E-state index contributed by atoms with van der Waals surface area (Å²) in [5.74, 6) is 1.06. The maximum Gasteiger partial charge on any atom is 0.406 e. The molecule has 0 radical (unpaired) electrons. The molecule has 12 nitrogen and oxygen atoms in total. The Kier molecular flexibility index (Phi) is 7.69. The summed E-state index contributed by atoms with van der Waals surface area (Å²) in [5, 5.41) is 33.7. The number of fused-ring (bicyclic) bond motifs is 1. The Hall–Kier alpha value is -4.50. The fourth-order valence-electron chi connectivity index (χ4n) is 4.72. The number of carbonyl (C=O) groups is 1. The smallest absolute Gasteiger partial charge is 0.406 e. The van der Waals surface area contributed by atoms with Crippen LogP contribution in [0.2, 0.25) is 0 Å². The molecule has 2 fully saturated rings. The zero-order valence-corrected chi connectivity index (χ0v) is 21.7. The van der Waals surface area contributed by atoms with Crippen molar-refractivity contribution in [3.05, 3.63) is 48.4 Å². The number of aliphatic hydroxyl groups is 1. The first kappa shape index (κ1) is 26.1. The topological polar surface area (TPSA) is 169 Å². The van der Waals surface area contributed by atoms with E-state index in [4.69, 9.17) is 11.0 Å². The van der Waals surface area contributed by atoms with Gasteiger partial charge in [0.2, 0.25) is 0 Å². The third-order valence-corrected chi connectivity index (χ3v) is 7.40. The molecule has 1 amide bonds. The average molecular weight is 530 g/mol. The quantitative estimate of drug-likeness (QED) is 0.339. The van der Waals surface area contributed by atoms with Gasteiger partial charge in [0.25, 0.3) is 0 Å². The van der Waals surface area contributed by atoms with E-state index in [2.05, 4.69) is 36.5 Å². The number of hydrogen-bond donors (Lipinski definition) is 3. The van der Waals surface area contributed by atoms with Gasteiger partial charge in [-0.2, -0.15) is 10.4 Å². The number of rotatable bonds is 6. The van der Waals surface area contributed by atoms with Gasteiger partial charge in [-0.15, -0.1) is 5.10 Å². The van der Waals surface area contributed by atoms with E-state index in [-0.39, 0.29) is 18.7 Å². The Morgan fingerprint density at radius 3 is 2.72 bits per heavy atom. The fourth-order valence-corrected chi connectivity index (χ4v) is 4.72. The summed E-state index contributed by atoms with van der Waals surface area (Å²) in [4.78, 5) is 15.1.